The van der Waals surface area contributed by atoms with Gasteiger partial charge in [0, 0.05) is 30.4 Å². The highest BCUT2D eigenvalue weighted by Crippen LogP contribution is 2.28. The summed E-state index contributed by atoms with van der Waals surface area (Å²) in [5.41, 5.74) is 1.09. The Balaban J connectivity index is 1.61. The van der Waals surface area contributed by atoms with E-state index in [0.717, 1.165) is 24.1 Å². The minimum atomic E-state index is 0.541. The van der Waals surface area contributed by atoms with Crippen LogP contribution in [0.4, 0.5) is 0 Å². The van der Waals surface area contributed by atoms with Gasteiger partial charge in [0.15, 0.2) is 0 Å². The summed E-state index contributed by atoms with van der Waals surface area (Å²) >= 11 is 0. The Morgan fingerprint density at radius 2 is 1.95 bits per heavy atom. The van der Waals surface area contributed by atoms with Crippen molar-refractivity contribution in [2.75, 3.05) is 33.2 Å². The second-order valence-electron chi connectivity index (χ2n) is 6.07. The van der Waals surface area contributed by atoms with E-state index in [0.29, 0.717) is 5.92 Å². The fourth-order valence-corrected chi connectivity index (χ4v) is 3.35. The molecule has 0 amide bonds. The molecule has 0 bridgehead atoms. The summed E-state index contributed by atoms with van der Waals surface area (Å²) in [6.45, 7) is 6.91. The molecule has 0 saturated carbocycles. The van der Waals surface area contributed by atoms with E-state index in [1.54, 1.807) is 0 Å². The van der Waals surface area contributed by atoms with Crippen molar-refractivity contribution >= 4 is 0 Å². The number of likely N-dealkylation sites (tertiary alicyclic amines) is 2. The van der Waals surface area contributed by atoms with Crippen molar-refractivity contribution < 1.29 is 0 Å². The van der Waals surface area contributed by atoms with Gasteiger partial charge in [-0.15, -0.1) is 0 Å². The summed E-state index contributed by atoms with van der Waals surface area (Å²) < 4.78 is 0. The van der Waals surface area contributed by atoms with E-state index >= 15 is 0 Å². The van der Waals surface area contributed by atoms with Gasteiger partial charge >= 0.3 is 0 Å². The maximum atomic E-state index is 4.60. The minimum absolute atomic E-state index is 0.541. The number of hydrogen-bond acceptors (Lipinski definition) is 4. The summed E-state index contributed by atoms with van der Waals surface area (Å²) in [7, 11) is 2.23. The van der Waals surface area contributed by atoms with Crippen molar-refractivity contribution in [3.63, 3.8) is 0 Å². The van der Waals surface area contributed by atoms with Crippen LogP contribution in [-0.4, -0.2) is 59.0 Å². The first-order valence-electron chi connectivity index (χ1n) is 7.44. The van der Waals surface area contributed by atoms with Crippen LogP contribution in [0.15, 0.2) is 12.3 Å². The van der Waals surface area contributed by atoms with Crippen LogP contribution in [0.5, 0.6) is 0 Å². The van der Waals surface area contributed by atoms with Crippen molar-refractivity contribution in [2.45, 2.75) is 38.1 Å². The zero-order chi connectivity index (χ0) is 13.2. The van der Waals surface area contributed by atoms with Gasteiger partial charge < -0.3 is 4.90 Å². The first kappa shape index (κ1) is 13.0. The number of aryl methyl sites for hydroxylation is 1. The van der Waals surface area contributed by atoms with Crippen molar-refractivity contribution in [2.24, 2.45) is 0 Å². The zero-order valence-electron chi connectivity index (χ0n) is 12.0. The second-order valence-corrected chi connectivity index (χ2v) is 6.07. The molecule has 0 radical (unpaired) electrons. The van der Waals surface area contributed by atoms with E-state index in [9.17, 15) is 0 Å². The fraction of sp³-hybridized carbons (Fsp3) is 0.733. The van der Waals surface area contributed by atoms with E-state index in [4.69, 9.17) is 0 Å². The van der Waals surface area contributed by atoms with E-state index in [1.165, 1.54) is 38.9 Å². The Morgan fingerprint density at radius 3 is 2.68 bits per heavy atom. The lowest BCUT2D eigenvalue weighted by molar-refractivity contribution is 0.142. The lowest BCUT2D eigenvalue weighted by Gasteiger charge is -2.35. The van der Waals surface area contributed by atoms with Gasteiger partial charge in [-0.25, -0.2) is 9.97 Å². The van der Waals surface area contributed by atoms with Gasteiger partial charge in [-0.05, 0) is 58.9 Å². The number of nitrogens with zero attached hydrogens (tertiary/aromatic N) is 4. The van der Waals surface area contributed by atoms with Gasteiger partial charge in [-0.1, -0.05) is 0 Å². The predicted octanol–water partition coefficient (Wildman–Crippen LogP) is 1.67. The van der Waals surface area contributed by atoms with Gasteiger partial charge in [0.1, 0.15) is 5.82 Å². The van der Waals surface area contributed by atoms with Crippen LogP contribution in [0.3, 0.4) is 0 Å². The van der Waals surface area contributed by atoms with Crippen LogP contribution in [0.2, 0.25) is 0 Å². The highest BCUT2D eigenvalue weighted by atomic mass is 15.2. The quantitative estimate of drug-likeness (QED) is 0.809. The summed E-state index contributed by atoms with van der Waals surface area (Å²) in [5.74, 6) is 1.59. The SMILES string of the molecule is Cc1ccnc([C@H]2CCN(C3CCN(C)CC3)C2)n1. The molecule has 0 N–H and O–H groups in total. The van der Waals surface area contributed by atoms with Crippen molar-refractivity contribution in [3.05, 3.63) is 23.8 Å². The van der Waals surface area contributed by atoms with E-state index in [1.807, 2.05) is 12.3 Å². The molecule has 2 aliphatic heterocycles. The van der Waals surface area contributed by atoms with Gasteiger partial charge in [0.2, 0.25) is 0 Å². The Bertz CT molecular complexity index is 426. The molecule has 3 rings (SSSR count). The third-order valence-corrected chi connectivity index (χ3v) is 4.60. The number of rotatable bonds is 2. The molecule has 4 nitrogen and oxygen atoms in total. The summed E-state index contributed by atoms with van der Waals surface area (Å²) in [6.07, 6.45) is 5.75. The van der Waals surface area contributed by atoms with Crippen LogP contribution in [0.1, 0.15) is 36.7 Å². The maximum Gasteiger partial charge on any atom is 0.132 e. The molecule has 4 heteroatoms. The van der Waals surface area contributed by atoms with Crippen LogP contribution in [0.25, 0.3) is 0 Å². The molecule has 0 unspecified atom stereocenters. The molecule has 0 spiro atoms. The molecular formula is C15H24N4. The molecule has 0 aliphatic carbocycles. The van der Waals surface area contributed by atoms with E-state index in [-0.39, 0.29) is 0 Å². The van der Waals surface area contributed by atoms with Crippen molar-refractivity contribution in [3.8, 4) is 0 Å². The van der Waals surface area contributed by atoms with Crippen LogP contribution < -0.4 is 0 Å². The van der Waals surface area contributed by atoms with Crippen LogP contribution >= 0.6 is 0 Å². The normalized spacial score (nSPS) is 26.9. The first-order valence-corrected chi connectivity index (χ1v) is 7.44. The molecule has 2 saturated heterocycles. The highest BCUT2D eigenvalue weighted by molar-refractivity contribution is 5.07. The zero-order valence-corrected chi connectivity index (χ0v) is 12.0. The van der Waals surface area contributed by atoms with Crippen molar-refractivity contribution in [1.82, 2.24) is 19.8 Å². The Kier molecular flexibility index (Phi) is 3.80. The standard InChI is InChI=1S/C15H24N4/c1-12-3-7-16-15(17-12)13-4-10-19(11-13)14-5-8-18(2)9-6-14/h3,7,13-14H,4-6,8-11H2,1-2H3/t13-/m0/s1. The van der Waals surface area contributed by atoms with E-state index in [2.05, 4.69) is 33.7 Å². The minimum Gasteiger partial charge on any atom is -0.306 e. The Labute approximate surface area is 115 Å². The molecule has 1 atom stereocenters. The largest absolute Gasteiger partial charge is 0.306 e. The lowest BCUT2D eigenvalue weighted by atomic mass is 10.0. The smallest absolute Gasteiger partial charge is 0.132 e. The number of hydrogen-bond donors (Lipinski definition) is 0. The third-order valence-electron chi connectivity index (χ3n) is 4.60. The monoisotopic (exact) mass is 260 g/mol. The molecule has 1 aromatic rings. The van der Waals surface area contributed by atoms with Crippen molar-refractivity contribution in [1.29, 1.82) is 0 Å². The van der Waals surface area contributed by atoms with E-state index < -0.39 is 0 Å². The average molecular weight is 260 g/mol. The Hall–Kier alpha value is -1.00. The maximum absolute atomic E-state index is 4.60. The molecule has 2 fully saturated rings. The lowest BCUT2D eigenvalue weighted by Crippen LogP contribution is -2.42. The first-order chi connectivity index (χ1) is 9.22. The average Bonchev–Trinajstić information content (AvgIpc) is 2.89. The van der Waals surface area contributed by atoms with Gasteiger partial charge in [0.05, 0.1) is 0 Å². The topological polar surface area (TPSA) is 32.3 Å². The molecule has 104 valence electrons. The molecule has 3 heterocycles. The van der Waals surface area contributed by atoms with Gasteiger partial charge in [0.25, 0.3) is 0 Å². The molecule has 0 aromatic carbocycles. The Morgan fingerprint density at radius 1 is 1.16 bits per heavy atom. The molecule has 1 aromatic heterocycles. The second kappa shape index (κ2) is 5.55. The predicted molar refractivity (Wildman–Crippen MR) is 76.2 cm³/mol. The molecular weight excluding hydrogens is 236 g/mol. The number of piperidine rings is 1. The van der Waals surface area contributed by atoms with Crippen LogP contribution in [-0.2, 0) is 0 Å². The highest BCUT2D eigenvalue weighted by Gasteiger charge is 2.31. The number of aromatic nitrogens is 2. The summed E-state index contributed by atoms with van der Waals surface area (Å²) in [5, 5.41) is 0. The third kappa shape index (κ3) is 2.95. The van der Waals surface area contributed by atoms with Crippen LogP contribution in [0, 0.1) is 6.92 Å². The summed E-state index contributed by atoms with van der Waals surface area (Å²) in [6, 6.07) is 2.76. The molecule has 19 heavy (non-hydrogen) atoms. The summed E-state index contributed by atoms with van der Waals surface area (Å²) in [4.78, 5) is 14.2. The van der Waals surface area contributed by atoms with Gasteiger partial charge in [-0.2, -0.15) is 0 Å². The van der Waals surface area contributed by atoms with Gasteiger partial charge in [-0.3, -0.25) is 4.90 Å². The fourth-order valence-electron chi connectivity index (χ4n) is 3.35. The molecule has 2 aliphatic rings.